The van der Waals surface area contributed by atoms with Crippen LogP contribution < -0.4 is 11.1 Å². The summed E-state index contributed by atoms with van der Waals surface area (Å²) in [6.07, 6.45) is -2.82. The standard InChI is InChI=1S/C25H18F4N4O/c26-19-6-2-1-4-16(19)17-12-14(7-8-20(17)34)24(15-9-11-31-21(13-15)25(27,28)29)18-5-3-10-32-22(18)23(30)33-24/h1-13,23,33-34H,30H2. The first-order valence-electron chi connectivity index (χ1n) is 10.3. The Morgan fingerprint density at radius 3 is 2.41 bits per heavy atom. The number of alkyl halides is 3. The Morgan fingerprint density at radius 2 is 1.65 bits per heavy atom. The Hall–Kier alpha value is -3.82. The second-order valence-corrected chi connectivity index (χ2v) is 7.95. The number of nitrogens with two attached hydrogens (primary N) is 1. The number of fused-ring (bicyclic) bond motifs is 1. The Morgan fingerprint density at radius 1 is 0.882 bits per heavy atom. The number of pyridine rings is 2. The summed E-state index contributed by atoms with van der Waals surface area (Å²) in [6, 6.07) is 16.2. The third-order valence-electron chi connectivity index (χ3n) is 5.99. The van der Waals surface area contributed by atoms with Gasteiger partial charge in [0.2, 0.25) is 0 Å². The van der Waals surface area contributed by atoms with E-state index in [0.29, 0.717) is 16.8 Å². The van der Waals surface area contributed by atoms with Gasteiger partial charge in [0, 0.05) is 29.1 Å². The number of phenolic OH excluding ortho intramolecular Hbond substituents is 1. The van der Waals surface area contributed by atoms with Gasteiger partial charge >= 0.3 is 6.18 Å². The lowest BCUT2D eigenvalue weighted by Crippen LogP contribution is -2.42. The summed E-state index contributed by atoms with van der Waals surface area (Å²) < 4.78 is 55.2. The number of halogens is 4. The van der Waals surface area contributed by atoms with Crippen LogP contribution in [0.25, 0.3) is 11.1 Å². The number of phenols is 1. The van der Waals surface area contributed by atoms with Gasteiger partial charge in [-0.15, -0.1) is 0 Å². The molecular weight excluding hydrogens is 448 g/mol. The average Bonchev–Trinajstić information content (AvgIpc) is 3.13. The first-order chi connectivity index (χ1) is 16.2. The second kappa shape index (κ2) is 7.89. The van der Waals surface area contributed by atoms with E-state index in [-0.39, 0.29) is 22.4 Å². The number of hydrogen-bond acceptors (Lipinski definition) is 5. The van der Waals surface area contributed by atoms with E-state index < -0.39 is 29.4 Å². The molecule has 1 aliphatic rings. The summed E-state index contributed by atoms with van der Waals surface area (Å²) in [5, 5.41) is 13.7. The molecule has 0 bridgehead atoms. The fourth-order valence-corrected chi connectivity index (χ4v) is 4.49. The normalized spacial score (nSPS) is 19.7. The van der Waals surface area contributed by atoms with E-state index in [0.717, 1.165) is 12.3 Å². The molecule has 0 saturated carbocycles. The van der Waals surface area contributed by atoms with E-state index in [1.54, 1.807) is 36.5 Å². The minimum atomic E-state index is -4.66. The predicted octanol–water partition coefficient (Wildman–Crippen LogP) is 4.86. The first kappa shape index (κ1) is 22.0. The molecule has 1 aliphatic heterocycles. The molecule has 3 heterocycles. The van der Waals surface area contributed by atoms with Crippen molar-refractivity contribution in [2.24, 2.45) is 5.73 Å². The third-order valence-corrected chi connectivity index (χ3v) is 5.99. The fraction of sp³-hybridized carbons (Fsp3) is 0.120. The van der Waals surface area contributed by atoms with Gasteiger partial charge in [-0.2, -0.15) is 13.2 Å². The van der Waals surface area contributed by atoms with E-state index in [2.05, 4.69) is 15.3 Å². The highest BCUT2D eigenvalue weighted by Gasteiger charge is 2.47. The molecule has 9 heteroatoms. The summed E-state index contributed by atoms with van der Waals surface area (Å²) in [6.45, 7) is 0. The molecule has 2 aromatic heterocycles. The first-order valence-corrected chi connectivity index (χ1v) is 10.3. The lowest BCUT2D eigenvalue weighted by molar-refractivity contribution is -0.141. The number of hydrogen-bond donors (Lipinski definition) is 3. The molecule has 2 atom stereocenters. The molecule has 0 fully saturated rings. The van der Waals surface area contributed by atoms with Gasteiger partial charge in [0.05, 0.1) is 11.2 Å². The highest BCUT2D eigenvalue weighted by atomic mass is 19.4. The minimum absolute atomic E-state index is 0.149. The summed E-state index contributed by atoms with van der Waals surface area (Å²) in [5.74, 6) is -0.728. The molecule has 5 rings (SSSR count). The Labute approximate surface area is 191 Å². The van der Waals surface area contributed by atoms with E-state index in [4.69, 9.17) is 5.73 Å². The van der Waals surface area contributed by atoms with Crippen LogP contribution in [-0.4, -0.2) is 15.1 Å². The molecule has 2 aromatic carbocycles. The molecule has 4 N–H and O–H groups in total. The van der Waals surface area contributed by atoms with Crippen LogP contribution >= 0.6 is 0 Å². The maximum Gasteiger partial charge on any atom is 0.433 e. The van der Waals surface area contributed by atoms with Gasteiger partial charge in [0.25, 0.3) is 0 Å². The summed E-state index contributed by atoms with van der Waals surface area (Å²) in [7, 11) is 0. The van der Waals surface area contributed by atoms with Crippen molar-refractivity contribution in [1.29, 1.82) is 0 Å². The molecule has 0 aliphatic carbocycles. The summed E-state index contributed by atoms with van der Waals surface area (Å²) in [4.78, 5) is 7.82. The summed E-state index contributed by atoms with van der Waals surface area (Å²) >= 11 is 0. The van der Waals surface area contributed by atoms with E-state index in [1.807, 2.05) is 0 Å². The van der Waals surface area contributed by atoms with Gasteiger partial charge in [0.1, 0.15) is 23.4 Å². The minimum Gasteiger partial charge on any atom is -0.507 e. The van der Waals surface area contributed by atoms with Crippen molar-refractivity contribution in [2.75, 3.05) is 0 Å². The smallest absolute Gasteiger partial charge is 0.433 e. The average molecular weight is 466 g/mol. The van der Waals surface area contributed by atoms with E-state index in [9.17, 15) is 22.7 Å². The zero-order chi connectivity index (χ0) is 24.1. The zero-order valence-corrected chi connectivity index (χ0v) is 17.5. The van der Waals surface area contributed by atoms with Crippen LogP contribution in [-0.2, 0) is 11.7 Å². The maximum absolute atomic E-state index is 14.6. The van der Waals surface area contributed by atoms with E-state index in [1.165, 1.54) is 30.3 Å². The Bertz CT molecular complexity index is 1390. The van der Waals surface area contributed by atoms with Crippen molar-refractivity contribution < 1.29 is 22.7 Å². The van der Waals surface area contributed by atoms with Gasteiger partial charge in [-0.3, -0.25) is 15.3 Å². The van der Waals surface area contributed by atoms with Crippen LogP contribution in [0.2, 0.25) is 0 Å². The highest BCUT2D eigenvalue weighted by molar-refractivity contribution is 5.73. The number of nitrogens with one attached hydrogen (secondary N) is 1. The van der Waals surface area contributed by atoms with Crippen LogP contribution in [0, 0.1) is 5.82 Å². The van der Waals surface area contributed by atoms with Crippen LogP contribution in [0.4, 0.5) is 17.6 Å². The van der Waals surface area contributed by atoms with E-state index >= 15 is 0 Å². The van der Waals surface area contributed by atoms with Crippen molar-refractivity contribution in [3.63, 3.8) is 0 Å². The topological polar surface area (TPSA) is 84.1 Å². The quantitative estimate of drug-likeness (QED) is 0.376. The van der Waals surface area contributed by atoms with Gasteiger partial charge in [0.15, 0.2) is 0 Å². The van der Waals surface area contributed by atoms with Gasteiger partial charge in [-0.05, 0) is 47.5 Å². The third kappa shape index (κ3) is 3.41. The number of aromatic nitrogens is 2. The largest absolute Gasteiger partial charge is 0.507 e. The molecule has 0 amide bonds. The predicted molar refractivity (Wildman–Crippen MR) is 117 cm³/mol. The lowest BCUT2D eigenvalue weighted by Gasteiger charge is -2.33. The molecule has 0 saturated heterocycles. The Kier molecular flexibility index (Phi) is 5.11. The van der Waals surface area contributed by atoms with Crippen molar-refractivity contribution in [3.8, 4) is 16.9 Å². The van der Waals surface area contributed by atoms with Gasteiger partial charge in [-0.25, -0.2) is 4.39 Å². The lowest BCUT2D eigenvalue weighted by atomic mass is 9.78. The fourth-order valence-electron chi connectivity index (χ4n) is 4.49. The Balaban J connectivity index is 1.81. The van der Waals surface area contributed by atoms with Crippen molar-refractivity contribution in [1.82, 2.24) is 15.3 Å². The molecule has 172 valence electrons. The zero-order valence-electron chi connectivity index (χ0n) is 17.5. The summed E-state index contributed by atoms with van der Waals surface area (Å²) in [5.41, 5.74) is 5.90. The number of benzene rings is 2. The van der Waals surface area contributed by atoms with Crippen molar-refractivity contribution in [3.05, 3.63) is 113 Å². The molecule has 4 aromatic rings. The van der Waals surface area contributed by atoms with Crippen LogP contribution in [0.15, 0.2) is 79.1 Å². The molecule has 2 unspecified atom stereocenters. The molecule has 0 spiro atoms. The van der Waals surface area contributed by atoms with Crippen molar-refractivity contribution >= 4 is 0 Å². The second-order valence-electron chi connectivity index (χ2n) is 7.95. The van der Waals surface area contributed by atoms with Crippen LogP contribution in [0.1, 0.15) is 34.2 Å². The molecule has 0 radical (unpaired) electrons. The monoisotopic (exact) mass is 466 g/mol. The molecule has 34 heavy (non-hydrogen) atoms. The highest BCUT2D eigenvalue weighted by Crippen LogP contribution is 2.47. The van der Waals surface area contributed by atoms with Gasteiger partial charge in [-0.1, -0.05) is 30.3 Å². The number of nitrogens with zero attached hydrogens (tertiary/aromatic N) is 2. The maximum atomic E-state index is 14.6. The molecular formula is C25H18F4N4O. The molecule has 5 nitrogen and oxygen atoms in total. The SMILES string of the molecule is NC1NC(c2ccnc(C(F)(F)F)c2)(c2ccc(O)c(-c3ccccc3F)c2)c2cccnc21. The number of rotatable bonds is 3. The number of aromatic hydroxyl groups is 1. The van der Waals surface area contributed by atoms with Crippen molar-refractivity contribution in [2.45, 2.75) is 17.9 Å². The van der Waals surface area contributed by atoms with Crippen LogP contribution in [0.3, 0.4) is 0 Å². The van der Waals surface area contributed by atoms with Crippen LogP contribution in [0.5, 0.6) is 5.75 Å². The van der Waals surface area contributed by atoms with Gasteiger partial charge < -0.3 is 10.8 Å².